The van der Waals surface area contributed by atoms with Gasteiger partial charge < -0.3 is 8.98 Å². The molecule has 1 unspecified atom stereocenters. The largest absolute Gasteiger partial charge is 0.470 e. The fourth-order valence-corrected chi connectivity index (χ4v) is 4.64. The highest BCUT2D eigenvalue weighted by Crippen LogP contribution is 2.37. The van der Waals surface area contributed by atoms with Gasteiger partial charge in [0.25, 0.3) is 0 Å². The molecule has 7 nitrogen and oxygen atoms in total. The van der Waals surface area contributed by atoms with Crippen molar-refractivity contribution < 1.29 is 30.4 Å². The van der Waals surface area contributed by atoms with E-state index in [0.717, 1.165) is 12.3 Å². The summed E-state index contributed by atoms with van der Waals surface area (Å²) in [6.07, 6.45) is -1.06. The maximum Gasteiger partial charge on any atom is 0.404 e. The second kappa shape index (κ2) is 8.27. The number of furan rings is 1. The lowest BCUT2D eigenvalue weighted by Crippen LogP contribution is -2.42. The topological polar surface area (TPSA) is 101 Å². The van der Waals surface area contributed by atoms with Crippen LogP contribution < -0.4 is 4.72 Å². The number of aryl methyl sites for hydroxylation is 1. The van der Waals surface area contributed by atoms with Crippen LogP contribution in [0.3, 0.4) is 0 Å². The number of nitrogens with one attached hydrogen (secondary N) is 1. The number of hydrogen-bond acceptors (Lipinski definition) is 5. The second-order valence-electron chi connectivity index (χ2n) is 7.53. The number of fused-ring (bicyclic) bond motifs is 1. The van der Waals surface area contributed by atoms with E-state index < -0.39 is 33.0 Å². The van der Waals surface area contributed by atoms with Crippen molar-refractivity contribution in [1.29, 1.82) is 5.26 Å². The quantitative estimate of drug-likeness (QED) is 0.402. The number of pyridine rings is 1. The molecule has 3 heterocycles. The van der Waals surface area contributed by atoms with Crippen LogP contribution in [0, 0.1) is 24.1 Å². The van der Waals surface area contributed by atoms with Crippen molar-refractivity contribution in [2.75, 3.05) is 0 Å². The predicted octanol–water partition coefficient (Wildman–Crippen LogP) is 4.83. The minimum Gasteiger partial charge on any atom is -0.470 e. The van der Waals surface area contributed by atoms with Gasteiger partial charge in [-0.1, -0.05) is 0 Å². The Hall–Kier alpha value is -3.69. The Morgan fingerprint density at radius 3 is 2.53 bits per heavy atom. The van der Waals surface area contributed by atoms with Crippen LogP contribution in [0.25, 0.3) is 28.0 Å². The fraction of sp³-hybridized carbons (Fsp3) is 0.182. The third-order valence-corrected chi connectivity index (χ3v) is 6.76. The molecule has 0 fully saturated rings. The molecule has 3 aromatic heterocycles. The van der Waals surface area contributed by atoms with Crippen LogP contribution in [0.4, 0.5) is 17.6 Å². The number of benzene rings is 1. The van der Waals surface area contributed by atoms with Gasteiger partial charge in [-0.2, -0.15) is 23.2 Å². The predicted molar refractivity (Wildman–Crippen MR) is 114 cm³/mol. The summed E-state index contributed by atoms with van der Waals surface area (Å²) >= 11 is 0. The van der Waals surface area contributed by atoms with E-state index >= 15 is 0 Å². The molecule has 0 spiro atoms. The summed E-state index contributed by atoms with van der Waals surface area (Å²) in [5, 5.41) is 10.2. The Labute approximate surface area is 191 Å². The fourth-order valence-electron chi connectivity index (χ4n) is 3.47. The highest BCUT2D eigenvalue weighted by Gasteiger charge is 2.39. The first-order valence-corrected chi connectivity index (χ1v) is 11.2. The van der Waals surface area contributed by atoms with Gasteiger partial charge in [-0.05, 0) is 43.7 Å². The third kappa shape index (κ3) is 4.04. The molecule has 0 aliphatic carbocycles. The summed E-state index contributed by atoms with van der Waals surface area (Å²) in [5.41, 5.74) is 1.81. The van der Waals surface area contributed by atoms with Gasteiger partial charge in [0.05, 0.1) is 34.4 Å². The van der Waals surface area contributed by atoms with Gasteiger partial charge in [-0.25, -0.2) is 12.8 Å². The molecule has 0 saturated heterocycles. The van der Waals surface area contributed by atoms with Crippen molar-refractivity contribution in [3.05, 3.63) is 66.0 Å². The van der Waals surface area contributed by atoms with Crippen molar-refractivity contribution in [1.82, 2.24) is 14.3 Å². The monoisotopic (exact) mass is 492 g/mol. The molecule has 1 N–H and O–H groups in total. The Bertz CT molecular complexity index is 1520. The van der Waals surface area contributed by atoms with Crippen LogP contribution in [0.2, 0.25) is 0 Å². The Balaban J connectivity index is 1.88. The number of hydrogen-bond donors (Lipinski definition) is 1. The molecule has 0 amide bonds. The zero-order valence-corrected chi connectivity index (χ0v) is 18.5. The number of aromatic nitrogens is 2. The van der Waals surface area contributed by atoms with Gasteiger partial charge in [0, 0.05) is 17.6 Å². The zero-order valence-electron chi connectivity index (χ0n) is 17.7. The summed E-state index contributed by atoms with van der Waals surface area (Å²) in [4.78, 5) is 3.62. The Morgan fingerprint density at radius 1 is 1.24 bits per heavy atom. The minimum absolute atomic E-state index is 0.0852. The van der Waals surface area contributed by atoms with E-state index in [9.17, 15) is 31.2 Å². The number of nitrogens with zero attached hydrogens (tertiary/aromatic N) is 3. The van der Waals surface area contributed by atoms with E-state index in [2.05, 4.69) is 4.98 Å². The lowest BCUT2D eigenvalue weighted by molar-refractivity contribution is -0.147. The van der Waals surface area contributed by atoms with Crippen molar-refractivity contribution in [3.63, 3.8) is 0 Å². The van der Waals surface area contributed by atoms with Gasteiger partial charge in [-0.15, -0.1) is 0 Å². The first kappa shape index (κ1) is 23.5. The lowest BCUT2D eigenvalue weighted by Gasteiger charge is -2.17. The molecule has 0 radical (unpaired) electrons. The number of nitriles is 1. The van der Waals surface area contributed by atoms with Crippen LogP contribution in [0.15, 0.2) is 58.4 Å². The van der Waals surface area contributed by atoms with E-state index in [1.165, 1.54) is 24.7 Å². The number of halogens is 4. The van der Waals surface area contributed by atoms with E-state index in [1.54, 1.807) is 28.3 Å². The first-order valence-electron chi connectivity index (χ1n) is 9.76. The van der Waals surface area contributed by atoms with Crippen LogP contribution in [-0.4, -0.2) is 30.2 Å². The van der Waals surface area contributed by atoms with Crippen LogP contribution in [0.1, 0.15) is 18.1 Å². The maximum atomic E-state index is 14.3. The Morgan fingerprint density at radius 2 is 1.97 bits per heavy atom. The minimum atomic E-state index is -4.76. The van der Waals surface area contributed by atoms with Crippen molar-refractivity contribution in [2.45, 2.75) is 31.0 Å². The molecule has 4 rings (SSSR count). The summed E-state index contributed by atoms with van der Waals surface area (Å²) < 4.78 is 85.8. The van der Waals surface area contributed by atoms with Crippen molar-refractivity contribution >= 4 is 20.9 Å². The van der Waals surface area contributed by atoms with Crippen LogP contribution in [0.5, 0.6) is 0 Å². The molecule has 0 saturated carbocycles. The molecule has 0 aliphatic heterocycles. The highest BCUT2D eigenvalue weighted by atomic mass is 32.2. The second-order valence-corrected chi connectivity index (χ2v) is 9.25. The standard InChI is InChI=1S/C22H16F4N4O3S/c1-12-7-20-16(8-18(12)23)17(9-27)21(30(20)14-5-6-33-11-14)19-4-3-15(10-28-19)34(31,32)29-13(2)22(24,25)26/h3-8,10-11,13,29H,1-2H3. The van der Waals surface area contributed by atoms with Crippen LogP contribution >= 0.6 is 0 Å². The maximum absolute atomic E-state index is 14.3. The van der Waals surface area contributed by atoms with E-state index in [4.69, 9.17) is 4.42 Å². The van der Waals surface area contributed by atoms with E-state index in [1.807, 2.05) is 6.07 Å². The SMILES string of the molecule is Cc1cc2c(cc1F)c(C#N)c(-c1ccc(S(=O)(=O)NC(C)C(F)(F)F)cn1)n2-c1ccoc1. The average Bonchev–Trinajstić information content (AvgIpc) is 3.39. The lowest BCUT2D eigenvalue weighted by atomic mass is 10.1. The first-order chi connectivity index (χ1) is 15.9. The van der Waals surface area contributed by atoms with Crippen LogP contribution in [-0.2, 0) is 10.0 Å². The third-order valence-electron chi connectivity index (χ3n) is 5.24. The van der Waals surface area contributed by atoms with Gasteiger partial charge in [0.15, 0.2) is 0 Å². The number of sulfonamides is 1. The molecule has 1 atom stereocenters. The molecule has 0 aliphatic rings. The van der Waals surface area contributed by atoms with Gasteiger partial charge in [0.1, 0.15) is 29.1 Å². The molecule has 34 heavy (non-hydrogen) atoms. The van der Waals surface area contributed by atoms with Crippen molar-refractivity contribution in [2.24, 2.45) is 0 Å². The molecular formula is C22H16F4N4O3S. The van der Waals surface area contributed by atoms with E-state index in [-0.39, 0.29) is 17.0 Å². The Kier molecular flexibility index (Phi) is 5.71. The normalized spacial score (nSPS) is 13.2. The number of alkyl halides is 3. The van der Waals surface area contributed by atoms with Gasteiger partial charge in [-0.3, -0.25) is 4.98 Å². The smallest absolute Gasteiger partial charge is 0.404 e. The van der Waals surface area contributed by atoms with Crippen molar-refractivity contribution in [3.8, 4) is 23.1 Å². The summed E-state index contributed by atoms with van der Waals surface area (Å²) in [7, 11) is -4.52. The highest BCUT2D eigenvalue weighted by molar-refractivity contribution is 7.89. The van der Waals surface area contributed by atoms with Gasteiger partial charge in [0.2, 0.25) is 10.0 Å². The molecule has 0 bridgehead atoms. The number of rotatable bonds is 5. The van der Waals surface area contributed by atoms with Gasteiger partial charge >= 0.3 is 6.18 Å². The average molecular weight is 492 g/mol. The summed E-state index contributed by atoms with van der Waals surface area (Å²) in [6.45, 7) is 2.25. The molecular weight excluding hydrogens is 476 g/mol. The molecule has 1 aromatic carbocycles. The summed E-state index contributed by atoms with van der Waals surface area (Å²) in [5.74, 6) is -0.515. The molecule has 4 aromatic rings. The van der Waals surface area contributed by atoms with E-state index in [0.29, 0.717) is 29.1 Å². The molecule has 12 heteroatoms. The summed E-state index contributed by atoms with van der Waals surface area (Å²) in [6, 6.07) is 6.49. The zero-order chi connectivity index (χ0) is 24.8. The molecule has 176 valence electrons.